The lowest BCUT2D eigenvalue weighted by atomic mass is 10.0. The van der Waals surface area contributed by atoms with E-state index in [0.29, 0.717) is 16.5 Å². The van der Waals surface area contributed by atoms with Gasteiger partial charge in [0.1, 0.15) is 18.2 Å². The number of ether oxygens (including phenoxy) is 1. The number of hydrogen-bond donors (Lipinski definition) is 0. The predicted molar refractivity (Wildman–Crippen MR) is 107 cm³/mol. The number of rotatable bonds is 7. The lowest BCUT2D eigenvalue weighted by Crippen LogP contribution is -2.15. The highest BCUT2D eigenvalue weighted by molar-refractivity contribution is 6.33. The van der Waals surface area contributed by atoms with Gasteiger partial charge in [0.05, 0.1) is 22.8 Å². The van der Waals surface area contributed by atoms with Crippen LogP contribution in [-0.4, -0.2) is 44.2 Å². The van der Waals surface area contributed by atoms with Crippen LogP contribution in [0.2, 0.25) is 5.02 Å². The summed E-state index contributed by atoms with van der Waals surface area (Å²) in [5.41, 5.74) is 3.31. The monoisotopic (exact) mass is 375 g/mol. The van der Waals surface area contributed by atoms with Gasteiger partial charge < -0.3 is 9.64 Å². The molecule has 0 aliphatic rings. The van der Waals surface area contributed by atoms with Crippen LogP contribution >= 0.6 is 11.6 Å². The van der Waals surface area contributed by atoms with Gasteiger partial charge in [-0.05, 0) is 43.7 Å². The summed E-state index contributed by atoms with van der Waals surface area (Å²) in [6, 6.07) is 9.79. The summed E-state index contributed by atoms with van der Waals surface area (Å²) in [5.74, 6) is 0.120. The first-order valence-electron chi connectivity index (χ1n) is 8.33. The van der Waals surface area contributed by atoms with Gasteiger partial charge in [-0.1, -0.05) is 17.7 Å². The average molecular weight is 376 g/mol. The number of aliphatic imine (C=N–C) groups is 2. The Hall–Kier alpha value is -2.40. The Bertz CT molecular complexity index is 821. The fourth-order valence-corrected chi connectivity index (χ4v) is 2.50. The van der Waals surface area contributed by atoms with Crippen LogP contribution in [0.5, 0.6) is 5.75 Å². The van der Waals surface area contributed by atoms with Gasteiger partial charge in [0, 0.05) is 32.3 Å². The molecule has 0 aromatic heterocycles. The zero-order chi connectivity index (χ0) is 19.1. The summed E-state index contributed by atoms with van der Waals surface area (Å²) < 4.78 is 18.9. The molecule has 0 spiro atoms. The van der Waals surface area contributed by atoms with Crippen molar-refractivity contribution in [2.75, 3.05) is 27.2 Å². The van der Waals surface area contributed by atoms with Crippen molar-refractivity contribution in [2.24, 2.45) is 9.98 Å². The van der Waals surface area contributed by atoms with Gasteiger partial charge in [-0.3, -0.25) is 4.99 Å². The molecule has 6 heteroatoms. The third kappa shape index (κ3) is 5.30. The molecule has 0 saturated heterocycles. The fourth-order valence-electron chi connectivity index (χ4n) is 2.29. The second-order valence-electron chi connectivity index (χ2n) is 5.85. The SMILES string of the molecule is CCN(C)/C=N\c1cc(C)c(/C(COc2cccc(F)c2)=N/C)cc1Cl. The fraction of sp³-hybridized carbons (Fsp3) is 0.300. The van der Waals surface area contributed by atoms with Crippen molar-refractivity contribution in [3.63, 3.8) is 0 Å². The van der Waals surface area contributed by atoms with Gasteiger partial charge in [0.15, 0.2) is 0 Å². The van der Waals surface area contributed by atoms with Crippen LogP contribution in [0.1, 0.15) is 18.1 Å². The maximum absolute atomic E-state index is 13.3. The second kappa shape index (κ2) is 9.34. The molecule has 0 aliphatic heterocycles. The van der Waals surface area contributed by atoms with E-state index in [4.69, 9.17) is 16.3 Å². The van der Waals surface area contributed by atoms with E-state index < -0.39 is 0 Å². The van der Waals surface area contributed by atoms with Gasteiger partial charge in [0.25, 0.3) is 0 Å². The molecule has 2 aromatic rings. The van der Waals surface area contributed by atoms with E-state index in [9.17, 15) is 4.39 Å². The molecule has 0 unspecified atom stereocenters. The van der Waals surface area contributed by atoms with Crippen molar-refractivity contribution < 1.29 is 9.13 Å². The molecule has 0 atom stereocenters. The molecule has 138 valence electrons. The molecule has 2 rings (SSSR count). The van der Waals surface area contributed by atoms with Gasteiger partial charge in [-0.15, -0.1) is 0 Å². The van der Waals surface area contributed by atoms with E-state index in [1.807, 2.05) is 37.9 Å². The van der Waals surface area contributed by atoms with E-state index in [0.717, 1.165) is 23.4 Å². The normalized spacial score (nSPS) is 11.8. The van der Waals surface area contributed by atoms with Crippen molar-refractivity contribution in [3.8, 4) is 5.75 Å². The zero-order valence-corrected chi connectivity index (χ0v) is 16.2. The third-order valence-electron chi connectivity index (χ3n) is 3.94. The quantitative estimate of drug-likeness (QED) is 0.510. The molecule has 0 heterocycles. The lowest BCUT2D eigenvalue weighted by Gasteiger charge is -2.13. The first-order chi connectivity index (χ1) is 12.4. The third-order valence-corrected chi connectivity index (χ3v) is 4.24. The first kappa shape index (κ1) is 19.9. The van der Waals surface area contributed by atoms with E-state index >= 15 is 0 Å². The summed E-state index contributed by atoms with van der Waals surface area (Å²) >= 11 is 6.39. The molecule has 0 fully saturated rings. The minimum atomic E-state index is -0.337. The van der Waals surface area contributed by atoms with Crippen molar-refractivity contribution in [1.82, 2.24) is 4.90 Å². The number of hydrogen-bond acceptors (Lipinski definition) is 3. The molecular formula is C20H23ClFN3O. The summed E-state index contributed by atoms with van der Waals surface area (Å²) in [7, 11) is 3.64. The minimum Gasteiger partial charge on any atom is -0.487 e. The Morgan fingerprint density at radius 2 is 2.08 bits per heavy atom. The Morgan fingerprint density at radius 1 is 1.31 bits per heavy atom. The van der Waals surface area contributed by atoms with Gasteiger partial charge in [-0.25, -0.2) is 9.38 Å². The summed E-state index contributed by atoms with van der Waals surface area (Å²) in [5, 5.41) is 0.540. The molecule has 0 amide bonds. The Balaban J connectivity index is 2.20. The van der Waals surface area contributed by atoms with Crippen LogP contribution in [0.25, 0.3) is 0 Å². The zero-order valence-electron chi connectivity index (χ0n) is 15.5. The van der Waals surface area contributed by atoms with E-state index in [2.05, 4.69) is 9.98 Å². The molecule has 2 aromatic carbocycles. The highest BCUT2D eigenvalue weighted by Crippen LogP contribution is 2.29. The highest BCUT2D eigenvalue weighted by atomic mass is 35.5. The Morgan fingerprint density at radius 3 is 2.73 bits per heavy atom. The molecule has 4 nitrogen and oxygen atoms in total. The standard InChI is InChI=1S/C20H23ClFN3O/c1-5-25(4)13-24-19-9-14(2)17(11-18(19)21)20(23-3)12-26-16-8-6-7-15(22)10-16/h6-11,13H,5,12H2,1-4H3/b23-20+,24-13-. The molecule has 26 heavy (non-hydrogen) atoms. The van der Waals surface area contributed by atoms with Crippen LogP contribution in [0.15, 0.2) is 46.4 Å². The van der Waals surface area contributed by atoms with Crippen LogP contribution in [0.4, 0.5) is 10.1 Å². The number of halogens is 2. The number of nitrogens with zero attached hydrogens (tertiary/aromatic N) is 3. The summed E-state index contributed by atoms with van der Waals surface area (Å²) in [6.07, 6.45) is 1.75. The van der Waals surface area contributed by atoms with Gasteiger partial charge >= 0.3 is 0 Å². The smallest absolute Gasteiger partial charge is 0.130 e. The highest BCUT2D eigenvalue weighted by Gasteiger charge is 2.12. The Kier molecular flexibility index (Phi) is 7.16. The minimum absolute atomic E-state index is 0.221. The average Bonchev–Trinajstić information content (AvgIpc) is 2.63. The first-order valence-corrected chi connectivity index (χ1v) is 8.71. The van der Waals surface area contributed by atoms with Crippen LogP contribution in [0, 0.1) is 12.7 Å². The van der Waals surface area contributed by atoms with Crippen LogP contribution in [-0.2, 0) is 0 Å². The van der Waals surface area contributed by atoms with Crippen molar-refractivity contribution >= 4 is 29.3 Å². The molecule has 0 N–H and O–H groups in total. The predicted octanol–water partition coefficient (Wildman–Crippen LogP) is 4.90. The molecule has 0 aliphatic carbocycles. The number of aryl methyl sites for hydroxylation is 1. The Labute approximate surface area is 159 Å². The topological polar surface area (TPSA) is 37.2 Å². The van der Waals surface area contributed by atoms with Crippen molar-refractivity contribution in [3.05, 3.63) is 58.4 Å². The molecular weight excluding hydrogens is 353 g/mol. The summed E-state index contributed by atoms with van der Waals surface area (Å²) in [6.45, 7) is 5.10. The second-order valence-corrected chi connectivity index (χ2v) is 6.26. The van der Waals surface area contributed by atoms with Crippen LogP contribution < -0.4 is 4.74 Å². The summed E-state index contributed by atoms with van der Waals surface area (Å²) in [4.78, 5) is 10.7. The van der Waals surface area contributed by atoms with Crippen molar-refractivity contribution in [2.45, 2.75) is 13.8 Å². The van der Waals surface area contributed by atoms with E-state index in [1.165, 1.54) is 12.1 Å². The van der Waals surface area contributed by atoms with E-state index in [-0.39, 0.29) is 12.4 Å². The maximum atomic E-state index is 13.3. The maximum Gasteiger partial charge on any atom is 0.130 e. The lowest BCUT2D eigenvalue weighted by molar-refractivity contribution is 0.374. The largest absolute Gasteiger partial charge is 0.487 e. The van der Waals surface area contributed by atoms with Crippen LogP contribution in [0.3, 0.4) is 0 Å². The van der Waals surface area contributed by atoms with Crippen molar-refractivity contribution in [1.29, 1.82) is 0 Å². The van der Waals surface area contributed by atoms with Gasteiger partial charge in [0.2, 0.25) is 0 Å². The molecule has 0 radical (unpaired) electrons. The van der Waals surface area contributed by atoms with E-state index in [1.54, 1.807) is 25.5 Å². The van der Waals surface area contributed by atoms with Gasteiger partial charge in [-0.2, -0.15) is 0 Å². The number of benzene rings is 2. The molecule has 0 bridgehead atoms. The molecule has 0 saturated carbocycles.